The molecule has 1 aliphatic heterocycles. The molecule has 2 fully saturated rings. The van der Waals surface area contributed by atoms with Crippen molar-refractivity contribution in [3.8, 4) is 0 Å². The second kappa shape index (κ2) is 6.91. The zero-order valence-electron chi connectivity index (χ0n) is 13.3. The van der Waals surface area contributed by atoms with E-state index in [4.69, 9.17) is 9.84 Å². The summed E-state index contributed by atoms with van der Waals surface area (Å²) in [6.45, 7) is 1.96. The molecule has 1 aliphatic carbocycles. The largest absolute Gasteiger partial charge is 0.480 e. The van der Waals surface area contributed by atoms with Crippen molar-refractivity contribution in [3.05, 3.63) is 34.3 Å². The smallest absolute Gasteiger partial charge is 0.329 e. The van der Waals surface area contributed by atoms with E-state index in [0.717, 1.165) is 48.8 Å². The van der Waals surface area contributed by atoms with E-state index in [-0.39, 0.29) is 6.61 Å². The van der Waals surface area contributed by atoms with Crippen molar-refractivity contribution < 1.29 is 14.6 Å². The molecule has 3 rings (SSSR count). The summed E-state index contributed by atoms with van der Waals surface area (Å²) in [4.78, 5) is 11.0. The fourth-order valence-electron chi connectivity index (χ4n) is 4.13. The topological polar surface area (TPSA) is 58.6 Å². The third kappa shape index (κ3) is 3.78. The van der Waals surface area contributed by atoms with Crippen LogP contribution in [0.4, 0.5) is 0 Å². The Morgan fingerprint density at radius 1 is 1.17 bits per heavy atom. The zero-order chi connectivity index (χ0) is 16.3. The molecule has 2 N–H and O–H groups in total. The third-order valence-electron chi connectivity index (χ3n) is 5.61. The number of ether oxygens (including phenoxy) is 1. The van der Waals surface area contributed by atoms with Crippen molar-refractivity contribution >= 4 is 21.9 Å². The molecule has 1 aromatic carbocycles. The number of carboxylic acids is 1. The summed E-state index contributed by atoms with van der Waals surface area (Å²) in [5, 5.41) is 12.5. The van der Waals surface area contributed by atoms with Crippen LogP contribution in [0.5, 0.6) is 0 Å². The maximum atomic E-state index is 11.0. The number of aliphatic carboxylic acids is 1. The maximum absolute atomic E-state index is 11.0. The lowest BCUT2D eigenvalue weighted by Crippen LogP contribution is -2.44. The van der Waals surface area contributed by atoms with E-state index < -0.39 is 11.6 Å². The molecule has 0 atom stereocenters. The van der Waals surface area contributed by atoms with Crippen LogP contribution in [0.3, 0.4) is 0 Å². The van der Waals surface area contributed by atoms with E-state index in [9.17, 15) is 4.79 Å². The Balaban J connectivity index is 1.81. The van der Waals surface area contributed by atoms with Gasteiger partial charge in [0.15, 0.2) is 0 Å². The van der Waals surface area contributed by atoms with Gasteiger partial charge in [-0.05, 0) is 74.7 Å². The lowest BCUT2D eigenvalue weighted by Gasteiger charge is -2.48. The highest BCUT2D eigenvalue weighted by Crippen LogP contribution is 2.51. The van der Waals surface area contributed by atoms with Crippen molar-refractivity contribution in [3.63, 3.8) is 0 Å². The fourth-order valence-corrected chi connectivity index (χ4v) is 4.53. The Hall–Kier alpha value is -0.910. The summed E-state index contributed by atoms with van der Waals surface area (Å²) < 4.78 is 6.98. The molecule has 1 heterocycles. The van der Waals surface area contributed by atoms with Crippen LogP contribution >= 0.6 is 15.9 Å². The molecule has 0 amide bonds. The van der Waals surface area contributed by atoms with Crippen molar-refractivity contribution in [1.29, 1.82) is 0 Å². The lowest BCUT2D eigenvalue weighted by molar-refractivity contribution is -0.157. The molecule has 23 heavy (non-hydrogen) atoms. The molecular weight excluding hydrogens is 358 g/mol. The number of halogens is 1. The van der Waals surface area contributed by atoms with Crippen molar-refractivity contribution in [2.45, 2.75) is 44.1 Å². The Bertz CT molecular complexity index is 559. The van der Waals surface area contributed by atoms with Gasteiger partial charge < -0.3 is 15.2 Å². The lowest BCUT2D eigenvalue weighted by atomic mass is 9.63. The third-order valence-corrected chi connectivity index (χ3v) is 6.10. The van der Waals surface area contributed by atoms with Crippen LogP contribution in [0.15, 0.2) is 28.7 Å². The van der Waals surface area contributed by atoms with Gasteiger partial charge in [-0.2, -0.15) is 0 Å². The van der Waals surface area contributed by atoms with Gasteiger partial charge in [-0.25, -0.2) is 4.79 Å². The van der Waals surface area contributed by atoms with E-state index in [1.54, 1.807) is 0 Å². The number of hydrogen-bond acceptors (Lipinski definition) is 3. The first-order chi connectivity index (χ1) is 11.0. The molecule has 1 saturated heterocycles. The van der Waals surface area contributed by atoms with Gasteiger partial charge in [0.05, 0.1) is 5.60 Å². The van der Waals surface area contributed by atoms with Gasteiger partial charge in [0.25, 0.3) is 0 Å². The normalized spacial score (nSPS) is 22.8. The van der Waals surface area contributed by atoms with E-state index in [1.165, 1.54) is 12.8 Å². The first-order valence-electron chi connectivity index (χ1n) is 8.36. The molecule has 1 spiro atoms. The summed E-state index contributed by atoms with van der Waals surface area (Å²) in [6, 6.07) is 8.13. The molecule has 1 saturated carbocycles. The van der Waals surface area contributed by atoms with Crippen LogP contribution in [0.2, 0.25) is 0 Å². The first kappa shape index (κ1) is 16.9. The van der Waals surface area contributed by atoms with Crippen molar-refractivity contribution in [2.75, 3.05) is 19.7 Å². The molecular formula is C18H24BrNO3. The highest BCUT2D eigenvalue weighted by molar-refractivity contribution is 9.10. The fraction of sp³-hybridized carbons (Fsp3) is 0.611. The Labute approximate surface area is 145 Å². The number of rotatable bonds is 4. The number of piperidine rings is 1. The molecule has 0 aromatic heterocycles. The SMILES string of the molecule is O=C(O)COC1(c2cccc(Br)c2)CCC2(CCNCC2)CC1. The first-order valence-corrected chi connectivity index (χ1v) is 9.16. The Kier molecular flexibility index (Phi) is 5.09. The molecule has 126 valence electrons. The number of carboxylic acid groups (broad SMARTS) is 1. The zero-order valence-corrected chi connectivity index (χ0v) is 14.9. The minimum Gasteiger partial charge on any atom is -0.480 e. The van der Waals surface area contributed by atoms with Gasteiger partial charge in [-0.15, -0.1) is 0 Å². The molecule has 2 aliphatic rings. The number of hydrogen-bond donors (Lipinski definition) is 2. The summed E-state index contributed by atoms with van der Waals surface area (Å²) in [5.74, 6) is -0.901. The average molecular weight is 382 g/mol. The van der Waals surface area contributed by atoms with Crippen LogP contribution in [0.1, 0.15) is 44.1 Å². The van der Waals surface area contributed by atoms with Crippen molar-refractivity contribution in [2.24, 2.45) is 5.41 Å². The van der Waals surface area contributed by atoms with Gasteiger partial charge in [-0.3, -0.25) is 0 Å². The standard InChI is InChI=1S/C18H24BrNO3/c19-15-3-1-2-14(12-15)18(23-13-16(21)22)6-4-17(5-7-18)8-10-20-11-9-17/h1-3,12,20H,4-11,13H2,(H,21,22). The van der Waals surface area contributed by atoms with E-state index in [1.807, 2.05) is 12.1 Å². The summed E-state index contributed by atoms with van der Waals surface area (Å²) >= 11 is 3.52. The molecule has 0 bridgehead atoms. The van der Waals surface area contributed by atoms with Crippen LogP contribution in [-0.4, -0.2) is 30.8 Å². The van der Waals surface area contributed by atoms with Crippen LogP contribution in [0, 0.1) is 5.41 Å². The number of carbonyl (C=O) groups is 1. The van der Waals surface area contributed by atoms with Gasteiger partial charge in [0.2, 0.25) is 0 Å². The van der Waals surface area contributed by atoms with Crippen LogP contribution in [-0.2, 0) is 15.1 Å². The highest BCUT2D eigenvalue weighted by Gasteiger charge is 2.45. The minimum absolute atomic E-state index is 0.235. The molecule has 0 unspecified atom stereocenters. The average Bonchev–Trinajstić information content (AvgIpc) is 2.56. The second-order valence-corrected chi connectivity index (χ2v) is 7.85. The predicted octanol–water partition coefficient (Wildman–Crippen LogP) is 3.69. The van der Waals surface area contributed by atoms with Gasteiger partial charge >= 0.3 is 5.97 Å². The monoisotopic (exact) mass is 381 g/mol. The summed E-state index contributed by atoms with van der Waals surface area (Å²) in [6.07, 6.45) is 6.47. The van der Waals surface area contributed by atoms with Crippen molar-refractivity contribution in [1.82, 2.24) is 5.32 Å². The minimum atomic E-state index is -0.901. The number of benzene rings is 1. The molecule has 1 aromatic rings. The van der Waals surface area contributed by atoms with Crippen LogP contribution < -0.4 is 5.32 Å². The van der Waals surface area contributed by atoms with E-state index >= 15 is 0 Å². The molecule has 5 heteroatoms. The second-order valence-electron chi connectivity index (χ2n) is 6.94. The Morgan fingerprint density at radius 3 is 2.48 bits per heavy atom. The van der Waals surface area contributed by atoms with Gasteiger partial charge in [-0.1, -0.05) is 28.1 Å². The predicted molar refractivity (Wildman–Crippen MR) is 92.4 cm³/mol. The summed E-state index contributed by atoms with van der Waals surface area (Å²) in [5.41, 5.74) is 1.06. The van der Waals surface area contributed by atoms with Gasteiger partial charge in [0, 0.05) is 4.47 Å². The molecule has 4 nitrogen and oxygen atoms in total. The quantitative estimate of drug-likeness (QED) is 0.834. The Morgan fingerprint density at radius 2 is 1.87 bits per heavy atom. The van der Waals surface area contributed by atoms with E-state index in [2.05, 4.69) is 33.4 Å². The summed E-state index contributed by atoms with van der Waals surface area (Å²) in [7, 11) is 0. The number of nitrogens with one attached hydrogen (secondary N) is 1. The van der Waals surface area contributed by atoms with Gasteiger partial charge in [0.1, 0.15) is 6.61 Å². The molecule has 0 radical (unpaired) electrons. The van der Waals surface area contributed by atoms with Crippen LogP contribution in [0.25, 0.3) is 0 Å². The van der Waals surface area contributed by atoms with E-state index in [0.29, 0.717) is 5.41 Å². The maximum Gasteiger partial charge on any atom is 0.329 e. The highest BCUT2D eigenvalue weighted by atomic mass is 79.9.